The van der Waals surface area contributed by atoms with Crippen LogP contribution < -0.4 is 0 Å². The van der Waals surface area contributed by atoms with Crippen molar-refractivity contribution in [3.63, 3.8) is 0 Å². The molecule has 1 heteroatoms. The Labute approximate surface area is 71.5 Å². The Morgan fingerprint density at radius 1 is 1.09 bits per heavy atom. The minimum absolute atomic E-state index is 0.0436. The van der Waals surface area contributed by atoms with Crippen molar-refractivity contribution in [2.75, 3.05) is 0 Å². The van der Waals surface area contributed by atoms with Crippen LogP contribution in [-0.2, 0) is 5.04 Å². The maximum Gasteiger partial charge on any atom is 0.0288 e. The molecule has 0 N–H and O–H groups in total. The van der Waals surface area contributed by atoms with Crippen molar-refractivity contribution in [1.29, 1.82) is 0 Å². The number of hydrogen-bond acceptors (Lipinski definition) is 0. The topological polar surface area (TPSA) is 0 Å². The van der Waals surface area contributed by atoms with Gasteiger partial charge in [-0.25, -0.2) is 0 Å². The molecule has 1 aromatic carbocycles. The molecule has 0 unspecified atom stereocenters. The van der Waals surface area contributed by atoms with E-state index in [9.17, 15) is 0 Å². The van der Waals surface area contributed by atoms with Crippen LogP contribution in [0.2, 0.25) is 6.55 Å². The van der Waals surface area contributed by atoms with Gasteiger partial charge in [0.2, 0.25) is 0 Å². The van der Waals surface area contributed by atoms with Gasteiger partial charge in [0.25, 0.3) is 0 Å². The van der Waals surface area contributed by atoms with Crippen LogP contribution >= 0.6 is 0 Å². The SMILES string of the molecule is C[SiH2]C(C)(C)c1ccccc1. The second kappa shape index (κ2) is 3.22. The predicted molar refractivity (Wildman–Crippen MR) is 53.9 cm³/mol. The third kappa shape index (κ3) is 1.93. The quantitative estimate of drug-likeness (QED) is 0.588. The van der Waals surface area contributed by atoms with Gasteiger partial charge in [-0.2, -0.15) is 0 Å². The highest BCUT2D eigenvalue weighted by molar-refractivity contribution is 6.38. The van der Waals surface area contributed by atoms with Gasteiger partial charge in [0, 0.05) is 9.52 Å². The van der Waals surface area contributed by atoms with Gasteiger partial charge in [0.1, 0.15) is 0 Å². The molecule has 0 spiro atoms. The molecule has 0 bridgehead atoms. The van der Waals surface area contributed by atoms with E-state index < -0.39 is 0 Å². The van der Waals surface area contributed by atoms with Crippen LogP contribution in [0.15, 0.2) is 30.3 Å². The first kappa shape index (κ1) is 8.53. The molecule has 0 aliphatic rings. The molecular weight excluding hydrogens is 148 g/mol. The van der Waals surface area contributed by atoms with Crippen molar-refractivity contribution < 1.29 is 0 Å². The van der Waals surface area contributed by atoms with Gasteiger partial charge in [0.05, 0.1) is 0 Å². The van der Waals surface area contributed by atoms with Crippen LogP contribution in [0.3, 0.4) is 0 Å². The smallest absolute Gasteiger partial charge is 0.0288 e. The summed E-state index contributed by atoms with van der Waals surface area (Å²) in [6, 6.07) is 10.8. The summed E-state index contributed by atoms with van der Waals surface area (Å²) in [5.41, 5.74) is 1.49. The normalized spacial score (nSPS) is 12.6. The van der Waals surface area contributed by atoms with E-state index in [4.69, 9.17) is 0 Å². The molecule has 0 atom stereocenters. The van der Waals surface area contributed by atoms with E-state index in [1.54, 1.807) is 0 Å². The lowest BCUT2D eigenvalue weighted by Gasteiger charge is -2.22. The molecule has 1 rings (SSSR count). The average Bonchev–Trinajstić information content (AvgIpc) is 2.06. The summed E-state index contributed by atoms with van der Waals surface area (Å²) in [6.45, 7) is 7.05. The molecule has 0 amide bonds. The number of rotatable bonds is 2. The van der Waals surface area contributed by atoms with Gasteiger partial charge in [-0.3, -0.25) is 0 Å². The van der Waals surface area contributed by atoms with Crippen molar-refractivity contribution in [3.05, 3.63) is 35.9 Å². The van der Waals surface area contributed by atoms with Crippen LogP contribution in [0.25, 0.3) is 0 Å². The van der Waals surface area contributed by atoms with Crippen molar-refractivity contribution in [2.24, 2.45) is 0 Å². The second-order valence-corrected chi connectivity index (χ2v) is 6.08. The summed E-state index contributed by atoms with van der Waals surface area (Å²) in [6.07, 6.45) is 0. The van der Waals surface area contributed by atoms with Crippen LogP contribution in [0.1, 0.15) is 19.4 Å². The molecule has 0 aliphatic carbocycles. The van der Waals surface area contributed by atoms with E-state index in [2.05, 4.69) is 50.7 Å². The summed E-state index contributed by atoms with van der Waals surface area (Å²) < 4.78 is 0. The van der Waals surface area contributed by atoms with Gasteiger partial charge in [-0.1, -0.05) is 50.7 Å². The Morgan fingerprint density at radius 3 is 2.09 bits per heavy atom. The van der Waals surface area contributed by atoms with E-state index in [-0.39, 0.29) is 9.52 Å². The fourth-order valence-corrected chi connectivity index (χ4v) is 1.74. The second-order valence-electron chi connectivity index (χ2n) is 3.60. The Kier molecular flexibility index (Phi) is 2.50. The van der Waals surface area contributed by atoms with Crippen molar-refractivity contribution in [2.45, 2.75) is 25.4 Å². The Morgan fingerprint density at radius 2 is 1.64 bits per heavy atom. The molecule has 0 saturated heterocycles. The Bertz CT molecular complexity index is 214. The first-order valence-corrected chi connectivity index (χ1v) is 6.34. The Balaban J connectivity index is 2.93. The molecule has 60 valence electrons. The molecule has 0 aliphatic heterocycles. The summed E-state index contributed by atoms with van der Waals surface area (Å²) in [4.78, 5) is 0. The van der Waals surface area contributed by atoms with Gasteiger partial charge in [0.15, 0.2) is 0 Å². The monoisotopic (exact) mass is 164 g/mol. The number of benzene rings is 1. The first-order chi connectivity index (χ1) is 5.17. The van der Waals surface area contributed by atoms with Crippen LogP contribution in [0.4, 0.5) is 0 Å². The van der Waals surface area contributed by atoms with Crippen molar-refractivity contribution in [3.8, 4) is 0 Å². The van der Waals surface area contributed by atoms with E-state index in [0.29, 0.717) is 5.04 Å². The third-order valence-corrected chi connectivity index (χ3v) is 4.62. The van der Waals surface area contributed by atoms with Gasteiger partial charge in [-0.05, 0) is 10.6 Å². The largest absolute Gasteiger partial charge is 0.0741 e. The molecular formula is C10H16Si. The third-order valence-electron chi connectivity index (χ3n) is 2.44. The zero-order valence-electron chi connectivity index (χ0n) is 7.59. The van der Waals surface area contributed by atoms with Crippen LogP contribution in [0, 0.1) is 0 Å². The summed E-state index contributed by atoms with van der Waals surface area (Å²) in [5, 5.41) is 0.473. The zero-order chi connectivity index (χ0) is 8.32. The number of hydrogen-bond donors (Lipinski definition) is 0. The molecule has 0 radical (unpaired) electrons. The van der Waals surface area contributed by atoms with E-state index >= 15 is 0 Å². The van der Waals surface area contributed by atoms with E-state index in [1.165, 1.54) is 5.56 Å². The standard InChI is InChI=1S/C10H16Si/c1-10(2,11-3)9-7-5-4-6-8-9/h4-8H,11H2,1-3H3. The van der Waals surface area contributed by atoms with Crippen molar-refractivity contribution in [1.82, 2.24) is 0 Å². The summed E-state index contributed by atoms with van der Waals surface area (Å²) in [7, 11) is 0.0436. The lowest BCUT2D eigenvalue weighted by atomic mass is 10.0. The van der Waals surface area contributed by atoms with Crippen LogP contribution in [0.5, 0.6) is 0 Å². The minimum Gasteiger partial charge on any atom is -0.0741 e. The van der Waals surface area contributed by atoms with Crippen LogP contribution in [-0.4, -0.2) is 9.52 Å². The zero-order valence-corrected chi connectivity index (χ0v) is 9.01. The fourth-order valence-electron chi connectivity index (χ4n) is 1.09. The maximum atomic E-state index is 2.37. The average molecular weight is 164 g/mol. The van der Waals surface area contributed by atoms with Gasteiger partial charge < -0.3 is 0 Å². The van der Waals surface area contributed by atoms with E-state index in [0.717, 1.165) is 0 Å². The van der Waals surface area contributed by atoms with Gasteiger partial charge in [-0.15, -0.1) is 0 Å². The molecule has 1 aromatic rings. The van der Waals surface area contributed by atoms with Crippen molar-refractivity contribution >= 4 is 9.52 Å². The molecule has 0 heterocycles. The molecule has 0 nitrogen and oxygen atoms in total. The highest BCUT2D eigenvalue weighted by atomic mass is 28.2. The first-order valence-electron chi connectivity index (χ1n) is 4.22. The van der Waals surface area contributed by atoms with E-state index in [1.807, 2.05) is 0 Å². The Hall–Kier alpha value is -0.563. The molecule has 0 saturated carbocycles. The minimum atomic E-state index is 0.0436. The highest BCUT2D eigenvalue weighted by Crippen LogP contribution is 2.20. The summed E-state index contributed by atoms with van der Waals surface area (Å²) in [5.74, 6) is 0. The lowest BCUT2D eigenvalue weighted by Crippen LogP contribution is -2.22. The molecule has 0 fully saturated rings. The molecule has 11 heavy (non-hydrogen) atoms. The lowest BCUT2D eigenvalue weighted by molar-refractivity contribution is 0.752. The maximum absolute atomic E-state index is 2.37. The highest BCUT2D eigenvalue weighted by Gasteiger charge is 2.16. The predicted octanol–water partition coefficient (Wildman–Crippen LogP) is 2.14. The summed E-state index contributed by atoms with van der Waals surface area (Å²) >= 11 is 0. The van der Waals surface area contributed by atoms with Gasteiger partial charge >= 0.3 is 0 Å². The fraction of sp³-hybridized carbons (Fsp3) is 0.400. The molecule has 0 aromatic heterocycles.